The summed E-state index contributed by atoms with van der Waals surface area (Å²) in [5.41, 5.74) is 5.98. The van der Waals surface area contributed by atoms with E-state index in [1.54, 1.807) is 0 Å². The third kappa shape index (κ3) is 3.60. The second-order valence-corrected chi connectivity index (χ2v) is 4.23. The van der Waals surface area contributed by atoms with E-state index < -0.39 is 5.97 Å². The first-order chi connectivity index (χ1) is 7.91. The van der Waals surface area contributed by atoms with E-state index in [1.807, 2.05) is 25.9 Å². The van der Waals surface area contributed by atoms with Gasteiger partial charge in [0.05, 0.1) is 11.3 Å². The number of nitrogens with zero attached hydrogens (tertiary/aromatic N) is 2. The average Bonchev–Trinajstić information content (AvgIpc) is 2.19. The van der Waals surface area contributed by atoms with Crippen LogP contribution in [-0.4, -0.2) is 47.6 Å². The standard InChI is InChI=1S/C11H18N4O2/c1-7(6-15(2)3)14-10-9(12)8(11(16)17)4-5-13-10/h4-5,7H,6,12H2,1-3H3,(H,13,14)(H,16,17). The number of nitrogens with two attached hydrogens (primary N) is 1. The number of anilines is 2. The summed E-state index contributed by atoms with van der Waals surface area (Å²) in [5, 5.41) is 12.0. The van der Waals surface area contributed by atoms with Gasteiger partial charge in [0.15, 0.2) is 0 Å². The molecule has 17 heavy (non-hydrogen) atoms. The fraction of sp³-hybridized carbons (Fsp3) is 0.455. The predicted octanol–water partition coefficient (Wildman–Crippen LogP) is 0.724. The van der Waals surface area contributed by atoms with Gasteiger partial charge in [-0.3, -0.25) is 0 Å². The molecule has 1 aromatic heterocycles. The van der Waals surface area contributed by atoms with Gasteiger partial charge in [-0.1, -0.05) is 0 Å². The Morgan fingerprint density at radius 1 is 1.65 bits per heavy atom. The first-order valence-electron chi connectivity index (χ1n) is 5.31. The number of hydrogen-bond donors (Lipinski definition) is 3. The lowest BCUT2D eigenvalue weighted by atomic mass is 10.2. The average molecular weight is 238 g/mol. The van der Waals surface area contributed by atoms with Gasteiger partial charge >= 0.3 is 5.97 Å². The summed E-state index contributed by atoms with van der Waals surface area (Å²) in [4.78, 5) is 17.0. The van der Waals surface area contributed by atoms with E-state index >= 15 is 0 Å². The molecule has 1 aromatic rings. The van der Waals surface area contributed by atoms with Crippen molar-refractivity contribution in [3.8, 4) is 0 Å². The van der Waals surface area contributed by atoms with Gasteiger partial charge in [0, 0.05) is 18.8 Å². The SMILES string of the molecule is CC(CN(C)C)Nc1nccc(C(=O)O)c1N. The second kappa shape index (κ2) is 5.49. The second-order valence-electron chi connectivity index (χ2n) is 4.23. The number of rotatable bonds is 5. The minimum Gasteiger partial charge on any atom is -0.478 e. The highest BCUT2D eigenvalue weighted by molar-refractivity contribution is 5.96. The van der Waals surface area contributed by atoms with E-state index in [0.29, 0.717) is 5.82 Å². The van der Waals surface area contributed by atoms with Crippen LogP contribution in [0.4, 0.5) is 11.5 Å². The Hall–Kier alpha value is -1.82. The Labute approximate surface area is 100 Å². The third-order valence-electron chi connectivity index (χ3n) is 2.24. The summed E-state index contributed by atoms with van der Waals surface area (Å²) in [6.45, 7) is 2.78. The van der Waals surface area contributed by atoms with Gasteiger partial charge in [-0.25, -0.2) is 9.78 Å². The van der Waals surface area contributed by atoms with Crippen molar-refractivity contribution in [3.05, 3.63) is 17.8 Å². The molecule has 4 N–H and O–H groups in total. The minimum absolute atomic E-state index is 0.0690. The van der Waals surface area contributed by atoms with Gasteiger partial charge in [0.2, 0.25) is 0 Å². The lowest BCUT2D eigenvalue weighted by Gasteiger charge is -2.19. The van der Waals surface area contributed by atoms with Crippen LogP contribution < -0.4 is 11.1 Å². The molecule has 0 aliphatic rings. The van der Waals surface area contributed by atoms with Crippen molar-refractivity contribution in [1.82, 2.24) is 9.88 Å². The maximum atomic E-state index is 10.9. The van der Waals surface area contributed by atoms with Crippen LogP contribution in [-0.2, 0) is 0 Å². The van der Waals surface area contributed by atoms with E-state index in [4.69, 9.17) is 10.8 Å². The number of pyridine rings is 1. The van der Waals surface area contributed by atoms with E-state index in [9.17, 15) is 4.79 Å². The van der Waals surface area contributed by atoms with E-state index in [1.165, 1.54) is 12.3 Å². The number of likely N-dealkylation sites (N-methyl/N-ethyl adjacent to an activating group) is 1. The highest BCUT2D eigenvalue weighted by Gasteiger charge is 2.13. The Kier molecular flexibility index (Phi) is 4.28. The number of carboxylic acids is 1. The first kappa shape index (κ1) is 13.2. The molecule has 0 saturated carbocycles. The van der Waals surface area contributed by atoms with Crippen molar-refractivity contribution in [2.75, 3.05) is 31.7 Å². The fourth-order valence-corrected chi connectivity index (χ4v) is 1.60. The quantitative estimate of drug-likeness (QED) is 0.700. The van der Waals surface area contributed by atoms with Gasteiger partial charge in [0.1, 0.15) is 5.82 Å². The van der Waals surface area contributed by atoms with E-state index in [2.05, 4.69) is 10.3 Å². The predicted molar refractivity (Wildman–Crippen MR) is 67.2 cm³/mol. The summed E-state index contributed by atoms with van der Waals surface area (Å²) in [6.07, 6.45) is 1.44. The van der Waals surface area contributed by atoms with E-state index in [-0.39, 0.29) is 17.3 Å². The molecule has 1 rings (SSSR count). The van der Waals surface area contributed by atoms with E-state index in [0.717, 1.165) is 6.54 Å². The zero-order chi connectivity index (χ0) is 13.0. The van der Waals surface area contributed by atoms with Crippen LogP contribution in [0.25, 0.3) is 0 Å². The van der Waals surface area contributed by atoms with Gasteiger partial charge in [-0.05, 0) is 27.1 Å². The topological polar surface area (TPSA) is 91.5 Å². The summed E-state index contributed by atoms with van der Waals surface area (Å²) >= 11 is 0. The van der Waals surface area contributed by atoms with Crippen LogP contribution in [0.15, 0.2) is 12.3 Å². The summed E-state index contributed by atoms with van der Waals surface area (Å²) in [6, 6.07) is 1.52. The largest absolute Gasteiger partial charge is 0.478 e. The van der Waals surface area contributed by atoms with Crippen LogP contribution in [0, 0.1) is 0 Å². The van der Waals surface area contributed by atoms with Crippen molar-refractivity contribution in [2.45, 2.75) is 13.0 Å². The lowest BCUT2D eigenvalue weighted by Crippen LogP contribution is -2.30. The van der Waals surface area contributed by atoms with Crippen LogP contribution >= 0.6 is 0 Å². The Morgan fingerprint density at radius 2 is 2.29 bits per heavy atom. The smallest absolute Gasteiger partial charge is 0.337 e. The number of carbonyl (C=O) groups is 1. The van der Waals surface area contributed by atoms with Gasteiger partial charge in [-0.15, -0.1) is 0 Å². The third-order valence-corrected chi connectivity index (χ3v) is 2.24. The zero-order valence-electron chi connectivity index (χ0n) is 10.3. The molecule has 94 valence electrons. The number of carboxylic acid groups (broad SMARTS) is 1. The minimum atomic E-state index is -1.05. The molecule has 0 aliphatic heterocycles. The maximum absolute atomic E-state index is 10.9. The van der Waals surface area contributed by atoms with Crippen molar-refractivity contribution >= 4 is 17.5 Å². The Bertz CT molecular complexity index is 406. The highest BCUT2D eigenvalue weighted by atomic mass is 16.4. The molecule has 0 radical (unpaired) electrons. The van der Waals surface area contributed by atoms with Crippen LogP contribution in [0.3, 0.4) is 0 Å². The molecule has 0 saturated heterocycles. The molecular weight excluding hydrogens is 220 g/mol. The van der Waals surface area contributed by atoms with Crippen LogP contribution in [0.2, 0.25) is 0 Å². The molecule has 0 aromatic carbocycles. The fourth-order valence-electron chi connectivity index (χ4n) is 1.60. The molecule has 0 aliphatic carbocycles. The van der Waals surface area contributed by atoms with Crippen molar-refractivity contribution in [2.24, 2.45) is 0 Å². The van der Waals surface area contributed by atoms with Crippen LogP contribution in [0.1, 0.15) is 17.3 Å². The van der Waals surface area contributed by atoms with Crippen molar-refractivity contribution in [1.29, 1.82) is 0 Å². The molecule has 1 unspecified atom stereocenters. The maximum Gasteiger partial charge on any atom is 0.337 e. The zero-order valence-corrected chi connectivity index (χ0v) is 10.3. The number of nitrogens with one attached hydrogen (secondary N) is 1. The van der Waals surface area contributed by atoms with Crippen molar-refractivity contribution < 1.29 is 9.90 Å². The van der Waals surface area contributed by atoms with Crippen LogP contribution in [0.5, 0.6) is 0 Å². The van der Waals surface area contributed by atoms with Gasteiger partial charge < -0.3 is 21.1 Å². The highest BCUT2D eigenvalue weighted by Crippen LogP contribution is 2.20. The molecule has 0 amide bonds. The van der Waals surface area contributed by atoms with Crippen molar-refractivity contribution in [3.63, 3.8) is 0 Å². The van der Waals surface area contributed by atoms with Gasteiger partial charge in [0.25, 0.3) is 0 Å². The lowest BCUT2D eigenvalue weighted by molar-refractivity contribution is 0.0698. The first-order valence-corrected chi connectivity index (χ1v) is 5.31. The normalized spacial score (nSPS) is 12.5. The number of nitrogen functional groups attached to an aromatic ring is 1. The summed E-state index contributed by atoms with van der Waals surface area (Å²) in [5.74, 6) is -0.632. The Morgan fingerprint density at radius 3 is 2.82 bits per heavy atom. The molecule has 0 fully saturated rings. The number of aromatic carboxylic acids is 1. The molecule has 6 nitrogen and oxygen atoms in total. The number of aromatic nitrogens is 1. The van der Waals surface area contributed by atoms with Gasteiger partial charge in [-0.2, -0.15) is 0 Å². The molecule has 1 atom stereocenters. The molecule has 1 heterocycles. The molecule has 0 bridgehead atoms. The molecular formula is C11H18N4O2. The molecule has 0 spiro atoms. The summed E-state index contributed by atoms with van der Waals surface area (Å²) < 4.78 is 0. The number of hydrogen-bond acceptors (Lipinski definition) is 5. The monoisotopic (exact) mass is 238 g/mol. The Balaban J connectivity index is 2.85. The summed E-state index contributed by atoms with van der Waals surface area (Å²) in [7, 11) is 3.92. The molecule has 6 heteroatoms.